The first-order valence-corrected chi connectivity index (χ1v) is 7.26. The molecule has 0 amide bonds. The van der Waals surface area contributed by atoms with Gasteiger partial charge in [-0.05, 0) is 0 Å². The predicted molar refractivity (Wildman–Crippen MR) is 74.5 cm³/mol. The van der Waals surface area contributed by atoms with Crippen molar-refractivity contribution >= 4 is 5.97 Å². The van der Waals surface area contributed by atoms with E-state index in [4.69, 9.17) is 18.9 Å². The summed E-state index contributed by atoms with van der Waals surface area (Å²) in [5.41, 5.74) is 0.954. The zero-order valence-corrected chi connectivity index (χ0v) is 12.2. The van der Waals surface area contributed by atoms with Gasteiger partial charge in [-0.15, -0.1) is 0 Å². The number of fused-ring (bicyclic) bond motifs is 1. The molecule has 1 aromatic rings. The third kappa shape index (κ3) is 3.10. The largest absolute Gasteiger partial charge is 0.459 e. The van der Waals surface area contributed by atoms with Crippen LogP contribution < -0.4 is 0 Å². The van der Waals surface area contributed by atoms with E-state index in [9.17, 15) is 4.79 Å². The van der Waals surface area contributed by atoms with Crippen molar-refractivity contribution in [2.75, 3.05) is 13.2 Å². The molecule has 21 heavy (non-hydrogen) atoms. The number of carbonyl (C=O) groups excluding carboxylic acids is 1. The van der Waals surface area contributed by atoms with Gasteiger partial charge in [0.2, 0.25) is 0 Å². The number of esters is 1. The number of hydrogen-bond donors (Lipinski definition) is 0. The van der Waals surface area contributed by atoms with Crippen LogP contribution in [0.15, 0.2) is 30.3 Å². The highest BCUT2D eigenvalue weighted by molar-refractivity contribution is 5.66. The standard InChI is InChI=1S/C16H20O5/c1-10-8-18-13-9-19-16(12-6-4-3-5-7-12)21-15(13)14(10)20-11(2)17/h3-7,10,13-16H,8-9H2,1-2H3/t10?,13?,14-,15-,16?/m1/s1. The van der Waals surface area contributed by atoms with Crippen LogP contribution in [0.5, 0.6) is 0 Å². The van der Waals surface area contributed by atoms with Gasteiger partial charge in [0.25, 0.3) is 0 Å². The fourth-order valence-electron chi connectivity index (χ4n) is 2.83. The van der Waals surface area contributed by atoms with Crippen LogP contribution in [0.3, 0.4) is 0 Å². The van der Waals surface area contributed by atoms with Gasteiger partial charge in [-0.2, -0.15) is 0 Å². The monoisotopic (exact) mass is 292 g/mol. The molecule has 0 aromatic heterocycles. The molecule has 0 aliphatic carbocycles. The Kier molecular flexibility index (Phi) is 4.24. The lowest BCUT2D eigenvalue weighted by atomic mass is 9.93. The maximum absolute atomic E-state index is 11.3. The molecular formula is C16H20O5. The molecule has 5 heteroatoms. The fraction of sp³-hybridized carbons (Fsp3) is 0.562. The number of benzene rings is 1. The van der Waals surface area contributed by atoms with Crippen LogP contribution in [0.25, 0.3) is 0 Å². The minimum Gasteiger partial charge on any atom is -0.459 e. The molecule has 0 saturated carbocycles. The number of hydrogen-bond acceptors (Lipinski definition) is 5. The fourth-order valence-corrected chi connectivity index (χ4v) is 2.83. The molecule has 0 spiro atoms. The minimum atomic E-state index is -0.445. The summed E-state index contributed by atoms with van der Waals surface area (Å²) in [7, 11) is 0. The van der Waals surface area contributed by atoms with Crippen molar-refractivity contribution in [3.05, 3.63) is 35.9 Å². The van der Waals surface area contributed by atoms with E-state index in [0.717, 1.165) is 5.56 Å². The topological polar surface area (TPSA) is 54.0 Å². The summed E-state index contributed by atoms with van der Waals surface area (Å²) in [6.07, 6.45) is -1.22. The Morgan fingerprint density at radius 1 is 1.19 bits per heavy atom. The van der Waals surface area contributed by atoms with E-state index in [1.165, 1.54) is 6.92 Å². The van der Waals surface area contributed by atoms with Crippen LogP contribution in [0, 0.1) is 5.92 Å². The molecule has 2 aliphatic rings. The zero-order chi connectivity index (χ0) is 14.8. The second kappa shape index (κ2) is 6.13. The van der Waals surface area contributed by atoms with Crippen molar-refractivity contribution in [3.63, 3.8) is 0 Å². The Morgan fingerprint density at radius 3 is 2.67 bits per heavy atom. The molecule has 2 fully saturated rings. The van der Waals surface area contributed by atoms with Gasteiger partial charge in [0.1, 0.15) is 18.3 Å². The molecule has 5 nitrogen and oxygen atoms in total. The second-order valence-corrected chi connectivity index (χ2v) is 5.60. The van der Waals surface area contributed by atoms with Gasteiger partial charge >= 0.3 is 5.97 Å². The molecule has 5 atom stereocenters. The van der Waals surface area contributed by atoms with Crippen LogP contribution in [-0.4, -0.2) is 37.5 Å². The predicted octanol–water partition coefficient (Wildman–Crippen LogP) is 2.07. The first kappa shape index (κ1) is 14.5. The average molecular weight is 292 g/mol. The molecule has 2 heterocycles. The van der Waals surface area contributed by atoms with E-state index < -0.39 is 6.29 Å². The van der Waals surface area contributed by atoms with Crippen molar-refractivity contribution in [2.45, 2.75) is 38.4 Å². The van der Waals surface area contributed by atoms with Crippen molar-refractivity contribution in [2.24, 2.45) is 5.92 Å². The first-order valence-electron chi connectivity index (χ1n) is 7.26. The number of ether oxygens (including phenoxy) is 4. The third-order valence-electron chi connectivity index (χ3n) is 3.89. The highest BCUT2D eigenvalue weighted by atomic mass is 16.7. The Hall–Kier alpha value is -1.43. The maximum Gasteiger partial charge on any atom is 0.303 e. The van der Waals surface area contributed by atoms with Crippen molar-refractivity contribution < 1.29 is 23.7 Å². The Morgan fingerprint density at radius 2 is 1.95 bits per heavy atom. The van der Waals surface area contributed by atoms with Crippen LogP contribution in [-0.2, 0) is 23.7 Å². The summed E-state index contributed by atoms with van der Waals surface area (Å²) in [6, 6.07) is 9.75. The van der Waals surface area contributed by atoms with Gasteiger partial charge in [0.05, 0.1) is 13.2 Å². The molecular weight excluding hydrogens is 272 g/mol. The summed E-state index contributed by atoms with van der Waals surface area (Å²) in [5, 5.41) is 0. The normalized spacial score (nSPS) is 35.8. The molecule has 1 aromatic carbocycles. The lowest BCUT2D eigenvalue weighted by molar-refractivity contribution is -0.308. The van der Waals surface area contributed by atoms with Gasteiger partial charge in [0.15, 0.2) is 6.29 Å². The van der Waals surface area contributed by atoms with E-state index in [0.29, 0.717) is 13.2 Å². The van der Waals surface area contributed by atoms with E-state index in [1.807, 2.05) is 37.3 Å². The first-order chi connectivity index (χ1) is 10.1. The Labute approximate surface area is 124 Å². The highest BCUT2D eigenvalue weighted by Crippen LogP contribution is 2.34. The van der Waals surface area contributed by atoms with Crippen molar-refractivity contribution in [3.8, 4) is 0 Å². The molecule has 2 aliphatic heterocycles. The van der Waals surface area contributed by atoms with Crippen molar-refractivity contribution in [1.82, 2.24) is 0 Å². The molecule has 0 radical (unpaired) electrons. The van der Waals surface area contributed by atoms with E-state index in [-0.39, 0.29) is 30.2 Å². The molecule has 2 saturated heterocycles. The van der Waals surface area contributed by atoms with Crippen LogP contribution >= 0.6 is 0 Å². The third-order valence-corrected chi connectivity index (χ3v) is 3.89. The molecule has 114 valence electrons. The number of carbonyl (C=O) groups is 1. The molecule has 0 N–H and O–H groups in total. The summed E-state index contributed by atoms with van der Waals surface area (Å²) in [4.78, 5) is 11.3. The zero-order valence-electron chi connectivity index (χ0n) is 12.2. The summed E-state index contributed by atoms with van der Waals surface area (Å²) in [6.45, 7) is 4.40. The van der Waals surface area contributed by atoms with Crippen LogP contribution in [0.2, 0.25) is 0 Å². The Balaban J connectivity index is 1.77. The summed E-state index contributed by atoms with van der Waals surface area (Å²) < 4.78 is 23.0. The van der Waals surface area contributed by atoms with Gasteiger partial charge in [-0.3, -0.25) is 4.79 Å². The van der Waals surface area contributed by atoms with Gasteiger partial charge < -0.3 is 18.9 Å². The van der Waals surface area contributed by atoms with Gasteiger partial charge in [-0.1, -0.05) is 37.3 Å². The lowest BCUT2D eigenvalue weighted by Crippen LogP contribution is -2.56. The van der Waals surface area contributed by atoms with E-state index in [1.54, 1.807) is 0 Å². The molecule has 3 unspecified atom stereocenters. The summed E-state index contributed by atoms with van der Waals surface area (Å²) in [5.74, 6) is -0.191. The van der Waals surface area contributed by atoms with Crippen LogP contribution in [0.4, 0.5) is 0 Å². The smallest absolute Gasteiger partial charge is 0.303 e. The van der Waals surface area contributed by atoms with Crippen LogP contribution in [0.1, 0.15) is 25.7 Å². The lowest BCUT2D eigenvalue weighted by Gasteiger charge is -2.45. The molecule has 3 rings (SSSR count). The minimum absolute atomic E-state index is 0.102. The van der Waals surface area contributed by atoms with Gasteiger partial charge in [-0.25, -0.2) is 0 Å². The second-order valence-electron chi connectivity index (χ2n) is 5.60. The highest BCUT2D eigenvalue weighted by Gasteiger charge is 2.46. The quantitative estimate of drug-likeness (QED) is 0.781. The SMILES string of the molecule is CC(=O)O[C@@H]1C(C)COC2COC(c3ccccc3)O[C@H]21. The van der Waals surface area contributed by atoms with E-state index in [2.05, 4.69) is 0 Å². The Bertz CT molecular complexity index is 489. The molecule has 0 bridgehead atoms. The summed E-state index contributed by atoms with van der Waals surface area (Å²) >= 11 is 0. The average Bonchev–Trinajstić information content (AvgIpc) is 2.50. The maximum atomic E-state index is 11.3. The van der Waals surface area contributed by atoms with Gasteiger partial charge in [0, 0.05) is 18.4 Å². The number of rotatable bonds is 2. The van der Waals surface area contributed by atoms with E-state index >= 15 is 0 Å². The van der Waals surface area contributed by atoms with Crippen molar-refractivity contribution in [1.29, 1.82) is 0 Å².